The van der Waals surface area contributed by atoms with Crippen molar-refractivity contribution in [3.63, 3.8) is 0 Å². The Morgan fingerprint density at radius 2 is 0.613 bits per heavy atom. The van der Waals surface area contributed by atoms with Crippen LogP contribution in [0.3, 0.4) is 0 Å². The Balaban J connectivity index is 0.000000414. The van der Waals surface area contributed by atoms with E-state index in [4.69, 9.17) is 24.1 Å². The van der Waals surface area contributed by atoms with E-state index in [9.17, 15) is 62.0 Å². The van der Waals surface area contributed by atoms with Crippen LogP contribution in [-0.2, 0) is 23.7 Å². The van der Waals surface area contributed by atoms with Gasteiger partial charge < -0.3 is 44.5 Å². The molecular formula is C40H70F4N4O14. The summed E-state index contributed by atoms with van der Waals surface area (Å²) in [4.78, 5) is 61.6. The molecule has 4 amide bonds. The first-order valence-electron chi connectivity index (χ1n) is 20.3. The highest BCUT2D eigenvalue weighted by Crippen LogP contribution is 2.27. The predicted octanol–water partition coefficient (Wildman–Crippen LogP) is 4.36. The van der Waals surface area contributed by atoms with Gasteiger partial charge in [0.25, 0.3) is 0 Å². The summed E-state index contributed by atoms with van der Waals surface area (Å²) >= 11 is 0. The van der Waals surface area contributed by atoms with Gasteiger partial charge in [0.15, 0.2) is 12.2 Å². The minimum atomic E-state index is -2.00. The fraction of sp³-hybridized carbons (Fsp3) is 0.875. The van der Waals surface area contributed by atoms with Crippen LogP contribution in [0.15, 0.2) is 0 Å². The Kier molecular flexibility index (Phi) is 19.6. The second kappa shape index (κ2) is 21.7. The fourth-order valence-electron chi connectivity index (χ4n) is 6.15. The number of halogens is 4. The number of likely N-dealkylation sites (tertiary alicyclic amines) is 4. The van der Waals surface area contributed by atoms with Crippen molar-refractivity contribution < 1.29 is 86.0 Å². The third-order valence-electron chi connectivity index (χ3n) is 9.27. The number of alkyl halides is 4. The standard InChI is InChI=1S/C10H16FNO5.3C10H18FNO3/c1-10(2,3)17-9(16)12-4-5(13)6(11)7(12)8(14)15;3*1-6-8(11)7(13)5-12(6)9(14)15-10(2,3)4/h5-7,13H,4H2,1-3H3,(H,14,15);3*6-8,13H,5H2,1-4H3/t5-,6+,7+;6-,7+,8+;6-,7+,8-;6-,7-,8+/m1111/s1. The van der Waals surface area contributed by atoms with E-state index in [0.717, 1.165) is 0 Å². The highest BCUT2D eigenvalue weighted by atomic mass is 19.1. The van der Waals surface area contributed by atoms with Crippen LogP contribution >= 0.6 is 0 Å². The quantitative estimate of drug-likeness (QED) is 0.182. The molecule has 4 aliphatic rings. The van der Waals surface area contributed by atoms with E-state index in [-0.39, 0.29) is 26.2 Å². The van der Waals surface area contributed by atoms with Gasteiger partial charge in [-0.2, -0.15) is 0 Å². The first-order chi connectivity index (χ1) is 27.8. The number of aliphatic hydroxyl groups is 4. The number of rotatable bonds is 1. The number of carbonyl (C=O) groups excluding carboxylic acids is 4. The summed E-state index contributed by atoms with van der Waals surface area (Å²) in [6.07, 6.45) is -13.6. The Morgan fingerprint density at radius 1 is 0.419 bits per heavy atom. The average molecular weight is 907 g/mol. The monoisotopic (exact) mass is 906 g/mol. The Labute approximate surface area is 361 Å². The Morgan fingerprint density at radius 3 is 0.790 bits per heavy atom. The molecule has 0 bridgehead atoms. The SMILES string of the molecule is CC(C)(C)OC(=O)N1C[C@@H](O)[C@H](F)[C@H]1C(=O)O.C[C@@H]1[C@@H](F)[C@@H](O)CN1C(=O)OC(C)(C)C.C[C@@H]1[C@H](F)[C@@H](O)CN1C(=O)OC(C)(C)C.C[C@@H]1[C@H](F)[C@H](O)CN1C(=O)OC(C)(C)C. The van der Waals surface area contributed by atoms with E-state index in [2.05, 4.69) is 0 Å². The number of amides is 4. The largest absolute Gasteiger partial charge is 0.480 e. The van der Waals surface area contributed by atoms with Crippen LogP contribution in [0.2, 0.25) is 0 Å². The molecule has 0 spiro atoms. The van der Waals surface area contributed by atoms with Crippen molar-refractivity contribution in [2.24, 2.45) is 0 Å². The number of aliphatic carboxylic acids is 1. The number of carboxylic acids is 1. The van der Waals surface area contributed by atoms with Crippen LogP contribution in [0.4, 0.5) is 36.7 Å². The lowest BCUT2D eigenvalue weighted by Crippen LogP contribution is -2.46. The third-order valence-corrected chi connectivity index (χ3v) is 9.27. The van der Waals surface area contributed by atoms with Crippen molar-refractivity contribution in [2.75, 3.05) is 26.2 Å². The van der Waals surface area contributed by atoms with E-state index in [1.807, 2.05) is 0 Å². The molecule has 4 fully saturated rings. The molecule has 362 valence electrons. The van der Waals surface area contributed by atoms with E-state index in [1.54, 1.807) is 104 Å². The molecule has 0 aromatic carbocycles. The Hall–Kier alpha value is -3.89. The molecule has 5 N–H and O–H groups in total. The van der Waals surface area contributed by atoms with Gasteiger partial charge in [-0.25, -0.2) is 41.5 Å². The molecule has 18 nitrogen and oxygen atoms in total. The lowest BCUT2D eigenvalue weighted by atomic mass is 10.1. The molecule has 0 aliphatic carbocycles. The zero-order valence-electron chi connectivity index (χ0n) is 38.5. The summed E-state index contributed by atoms with van der Waals surface area (Å²) in [5.74, 6) is -1.50. The lowest BCUT2D eigenvalue weighted by Gasteiger charge is -2.26. The highest BCUT2D eigenvalue weighted by molar-refractivity contribution is 5.82. The fourth-order valence-corrected chi connectivity index (χ4v) is 6.15. The highest BCUT2D eigenvalue weighted by Gasteiger charge is 2.50. The number of hydrogen-bond donors (Lipinski definition) is 5. The van der Waals surface area contributed by atoms with Gasteiger partial charge in [-0.05, 0) is 104 Å². The number of β-amino-alcohol motifs (C(OH)–C–C–N with tert-alkyl or cyclic N) is 4. The number of nitrogens with zero attached hydrogens (tertiary/aromatic N) is 4. The lowest BCUT2D eigenvalue weighted by molar-refractivity contribution is -0.144. The van der Waals surface area contributed by atoms with E-state index < -0.39 is 126 Å². The number of aliphatic hydroxyl groups excluding tert-OH is 4. The van der Waals surface area contributed by atoms with Crippen LogP contribution in [0.5, 0.6) is 0 Å². The van der Waals surface area contributed by atoms with Crippen molar-refractivity contribution in [2.45, 2.75) is 200 Å². The zero-order valence-corrected chi connectivity index (χ0v) is 38.5. The van der Waals surface area contributed by atoms with Crippen LogP contribution in [0.1, 0.15) is 104 Å². The van der Waals surface area contributed by atoms with Crippen LogP contribution in [0, 0.1) is 0 Å². The first-order valence-corrected chi connectivity index (χ1v) is 20.3. The van der Waals surface area contributed by atoms with Gasteiger partial charge in [-0.3, -0.25) is 19.6 Å². The van der Waals surface area contributed by atoms with Crippen molar-refractivity contribution in [3.8, 4) is 0 Å². The third kappa shape index (κ3) is 17.0. The smallest absolute Gasteiger partial charge is 0.411 e. The Bertz CT molecular complexity index is 1400. The molecule has 22 heteroatoms. The minimum absolute atomic E-state index is 0.00273. The maximum atomic E-state index is 13.4. The van der Waals surface area contributed by atoms with Gasteiger partial charge in [0.2, 0.25) is 0 Å². The van der Waals surface area contributed by atoms with Crippen molar-refractivity contribution in [3.05, 3.63) is 0 Å². The van der Waals surface area contributed by atoms with Gasteiger partial charge in [0.05, 0.1) is 44.3 Å². The van der Waals surface area contributed by atoms with Gasteiger partial charge in [-0.1, -0.05) is 0 Å². The van der Waals surface area contributed by atoms with Crippen molar-refractivity contribution in [1.82, 2.24) is 19.6 Å². The molecule has 0 aromatic heterocycles. The maximum Gasteiger partial charge on any atom is 0.411 e. The van der Waals surface area contributed by atoms with E-state index in [1.165, 1.54) is 14.7 Å². The predicted molar refractivity (Wildman–Crippen MR) is 215 cm³/mol. The van der Waals surface area contributed by atoms with Crippen LogP contribution < -0.4 is 0 Å². The molecule has 4 rings (SSSR count). The summed E-state index contributed by atoms with van der Waals surface area (Å²) in [7, 11) is 0. The van der Waals surface area contributed by atoms with E-state index >= 15 is 0 Å². The molecule has 0 radical (unpaired) electrons. The molecular weight excluding hydrogens is 836 g/mol. The summed E-state index contributed by atoms with van der Waals surface area (Å²) in [6, 6.07) is -3.58. The normalized spacial score (nSPS) is 31.1. The summed E-state index contributed by atoms with van der Waals surface area (Å²) in [6.45, 7) is 24.8. The second-order valence-corrected chi connectivity index (χ2v) is 19.6. The number of ether oxygens (including phenoxy) is 4. The molecule has 62 heavy (non-hydrogen) atoms. The van der Waals surface area contributed by atoms with Crippen LogP contribution in [0.25, 0.3) is 0 Å². The molecule has 4 heterocycles. The van der Waals surface area contributed by atoms with Gasteiger partial charge in [0, 0.05) is 0 Å². The number of hydrogen-bond acceptors (Lipinski definition) is 13. The van der Waals surface area contributed by atoms with Crippen LogP contribution in [-0.4, -0.2) is 197 Å². The molecule has 4 aliphatic heterocycles. The molecule has 0 aromatic rings. The summed E-state index contributed by atoms with van der Waals surface area (Å²) in [5, 5.41) is 45.8. The first kappa shape index (κ1) is 56.1. The average Bonchev–Trinajstić information content (AvgIpc) is 3.72. The van der Waals surface area contributed by atoms with E-state index in [0.29, 0.717) is 4.90 Å². The molecule has 0 saturated carbocycles. The van der Waals surface area contributed by atoms with Gasteiger partial charge >= 0.3 is 30.3 Å². The minimum Gasteiger partial charge on any atom is -0.480 e. The molecule has 4 saturated heterocycles. The zero-order chi connectivity index (χ0) is 48.8. The van der Waals surface area contributed by atoms with Crippen molar-refractivity contribution >= 4 is 30.3 Å². The van der Waals surface area contributed by atoms with Gasteiger partial charge in [-0.15, -0.1) is 0 Å². The summed E-state index contributed by atoms with van der Waals surface area (Å²) < 4.78 is 73.4. The van der Waals surface area contributed by atoms with Gasteiger partial charge in [0.1, 0.15) is 65.3 Å². The molecule has 0 unspecified atom stereocenters. The summed E-state index contributed by atoms with van der Waals surface area (Å²) in [5.41, 5.74) is -2.61. The topological polar surface area (TPSA) is 236 Å². The van der Waals surface area contributed by atoms with Crippen molar-refractivity contribution in [1.29, 1.82) is 0 Å². The second-order valence-electron chi connectivity index (χ2n) is 19.6. The number of carboxylic acid groups (broad SMARTS) is 1. The maximum absolute atomic E-state index is 13.4. The number of carbonyl (C=O) groups is 5. The molecule has 12 atom stereocenters.